The minimum atomic E-state index is -2.54. The largest absolute Gasteiger partial charge is 0.399 e. The number of benzene rings is 1. The van der Waals surface area contributed by atoms with E-state index in [1.54, 1.807) is 4.68 Å². The monoisotopic (exact) mass is 266 g/mol. The number of hydrogen-bond acceptors (Lipinski definition) is 3. The summed E-state index contributed by atoms with van der Waals surface area (Å²) in [4.78, 5) is 1.92. The number of nitrogens with two attached hydrogens (primary N) is 1. The van der Waals surface area contributed by atoms with E-state index < -0.39 is 5.92 Å². The van der Waals surface area contributed by atoms with Crippen LogP contribution >= 0.6 is 0 Å². The summed E-state index contributed by atoms with van der Waals surface area (Å²) in [6, 6.07) is 5.57. The van der Waals surface area contributed by atoms with Crippen molar-refractivity contribution in [1.82, 2.24) is 9.78 Å². The van der Waals surface area contributed by atoms with Crippen molar-refractivity contribution in [3.05, 3.63) is 18.2 Å². The van der Waals surface area contributed by atoms with Crippen LogP contribution in [0, 0.1) is 0 Å². The fraction of sp³-hybridized carbons (Fsp3) is 0.462. The molecule has 0 unspecified atom stereocenters. The molecule has 2 heterocycles. The Kier molecular flexibility index (Phi) is 2.62. The van der Waals surface area contributed by atoms with Gasteiger partial charge in [0.15, 0.2) is 5.82 Å². The number of rotatable bonds is 1. The van der Waals surface area contributed by atoms with Gasteiger partial charge in [-0.1, -0.05) is 0 Å². The second-order valence-corrected chi connectivity index (χ2v) is 5.07. The molecular weight excluding hydrogens is 250 g/mol. The number of fused-ring (bicyclic) bond motifs is 1. The third kappa shape index (κ3) is 2.11. The molecular formula is C13H16F2N4. The van der Waals surface area contributed by atoms with Gasteiger partial charge < -0.3 is 10.6 Å². The molecule has 1 saturated heterocycles. The van der Waals surface area contributed by atoms with Gasteiger partial charge in [0.05, 0.1) is 5.52 Å². The maximum atomic E-state index is 13.2. The average Bonchev–Trinajstić information content (AvgIpc) is 2.66. The summed E-state index contributed by atoms with van der Waals surface area (Å²) in [6.45, 7) is 0.655. The van der Waals surface area contributed by atoms with E-state index in [0.29, 0.717) is 18.8 Å². The lowest BCUT2D eigenvalue weighted by atomic mass is 10.1. The summed E-state index contributed by atoms with van der Waals surface area (Å²) in [6.07, 6.45) is -0.235. The lowest BCUT2D eigenvalue weighted by Crippen LogP contribution is -2.39. The molecule has 0 radical (unpaired) electrons. The van der Waals surface area contributed by atoms with E-state index in [1.165, 1.54) is 0 Å². The maximum absolute atomic E-state index is 13.2. The van der Waals surface area contributed by atoms with Gasteiger partial charge in [0.1, 0.15) is 0 Å². The van der Waals surface area contributed by atoms with Crippen molar-refractivity contribution in [1.29, 1.82) is 0 Å². The fourth-order valence-electron chi connectivity index (χ4n) is 2.54. The molecule has 19 heavy (non-hydrogen) atoms. The number of anilines is 2. The number of hydrogen-bond donors (Lipinski definition) is 1. The Morgan fingerprint density at radius 2 is 1.95 bits per heavy atom. The molecule has 102 valence electrons. The van der Waals surface area contributed by atoms with E-state index >= 15 is 0 Å². The normalized spacial score (nSPS) is 19.0. The van der Waals surface area contributed by atoms with Gasteiger partial charge in [-0.2, -0.15) is 5.10 Å². The van der Waals surface area contributed by atoms with Gasteiger partial charge in [-0.3, -0.25) is 4.68 Å². The molecule has 1 aromatic carbocycles. The van der Waals surface area contributed by atoms with Crippen LogP contribution in [0.25, 0.3) is 10.9 Å². The van der Waals surface area contributed by atoms with Gasteiger partial charge in [0, 0.05) is 44.1 Å². The van der Waals surface area contributed by atoms with Crippen LogP contribution in [0.5, 0.6) is 0 Å². The first kappa shape index (κ1) is 12.2. The van der Waals surface area contributed by atoms with E-state index in [4.69, 9.17) is 5.73 Å². The molecule has 0 saturated carbocycles. The smallest absolute Gasteiger partial charge is 0.251 e. The van der Waals surface area contributed by atoms with E-state index in [1.807, 2.05) is 30.1 Å². The van der Waals surface area contributed by atoms with Crippen LogP contribution < -0.4 is 10.6 Å². The number of nitrogen functional groups attached to an aromatic ring is 1. The van der Waals surface area contributed by atoms with E-state index in [2.05, 4.69) is 5.10 Å². The highest BCUT2D eigenvalue weighted by molar-refractivity contribution is 5.92. The molecule has 1 aliphatic rings. The highest BCUT2D eigenvalue weighted by atomic mass is 19.3. The van der Waals surface area contributed by atoms with Crippen molar-refractivity contribution in [3.63, 3.8) is 0 Å². The molecule has 1 fully saturated rings. The van der Waals surface area contributed by atoms with Gasteiger partial charge in [-0.05, 0) is 18.2 Å². The standard InChI is InChI=1S/C13H16F2N4/c1-18-11-3-2-9(16)8-10(11)12(17-18)19-6-4-13(14,15)5-7-19/h2-3,8H,4-7,16H2,1H3. The third-order valence-corrected chi connectivity index (χ3v) is 3.65. The number of nitrogens with zero attached hydrogens (tertiary/aromatic N) is 3. The molecule has 2 aromatic rings. The van der Waals surface area contributed by atoms with Crippen LogP contribution in [0.1, 0.15) is 12.8 Å². The zero-order chi connectivity index (χ0) is 13.6. The lowest BCUT2D eigenvalue weighted by Gasteiger charge is -2.32. The molecule has 0 bridgehead atoms. The Morgan fingerprint density at radius 1 is 1.26 bits per heavy atom. The van der Waals surface area contributed by atoms with Crippen molar-refractivity contribution in [3.8, 4) is 0 Å². The van der Waals surface area contributed by atoms with E-state index in [-0.39, 0.29) is 12.8 Å². The Morgan fingerprint density at radius 3 is 2.63 bits per heavy atom. The third-order valence-electron chi connectivity index (χ3n) is 3.65. The predicted molar refractivity (Wildman–Crippen MR) is 71.5 cm³/mol. The summed E-state index contributed by atoms with van der Waals surface area (Å²) in [5, 5.41) is 5.37. The zero-order valence-corrected chi connectivity index (χ0v) is 10.7. The number of halogens is 2. The number of alkyl halides is 2. The quantitative estimate of drug-likeness (QED) is 0.806. The van der Waals surface area contributed by atoms with Crippen LogP contribution in [0.3, 0.4) is 0 Å². The van der Waals surface area contributed by atoms with Gasteiger partial charge in [-0.15, -0.1) is 0 Å². The Hall–Kier alpha value is -1.85. The summed E-state index contributed by atoms with van der Waals surface area (Å²) in [5.74, 6) is -1.79. The second-order valence-electron chi connectivity index (χ2n) is 5.07. The highest BCUT2D eigenvalue weighted by Crippen LogP contribution is 2.33. The molecule has 6 heteroatoms. The Bertz CT molecular complexity index is 610. The van der Waals surface area contributed by atoms with Crippen molar-refractivity contribution in [2.45, 2.75) is 18.8 Å². The first-order valence-corrected chi connectivity index (χ1v) is 6.31. The number of aromatic nitrogens is 2. The topological polar surface area (TPSA) is 47.1 Å². The lowest BCUT2D eigenvalue weighted by molar-refractivity contribution is -0.0221. The molecule has 0 aliphatic carbocycles. The molecule has 1 aromatic heterocycles. The molecule has 3 rings (SSSR count). The van der Waals surface area contributed by atoms with E-state index in [0.717, 1.165) is 16.7 Å². The van der Waals surface area contributed by atoms with Gasteiger partial charge >= 0.3 is 0 Å². The van der Waals surface area contributed by atoms with E-state index in [9.17, 15) is 8.78 Å². The predicted octanol–water partition coefficient (Wildman–Crippen LogP) is 2.39. The molecule has 0 spiro atoms. The van der Waals surface area contributed by atoms with Crippen LogP contribution in [-0.2, 0) is 7.05 Å². The van der Waals surface area contributed by atoms with Crippen LogP contribution in [0.2, 0.25) is 0 Å². The van der Waals surface area contributed by atoms with Crippen molar-refractivity contribution < 1.29 is 8.78 Å². The Labute approximate surface area is 109 Å². The first-order valence-electron chi connectivity index (χ1n) is 6.31. The molecule has 1 aliphatic heterocycles. The highest BCUT2D eigenvalue weighted by Gasteiger charge is 2.35. The summed E-state index contributed by atoms with van der Waals surface area (Å²) in [5.41, 5.74) is 7.42. The molecule has 0 atom stereocenters. The van der Waals surface area contributed by atoms with Crippen molar-refractivity contribution in [2.75, 3.05) is 23.7 Å². The fourth-order valence-corrected chi connectivity index (χ4v) is 2.54. The average molecular weight is 266 g/mol. The van der Waals surface area contributed by atoms with Crippen molar-refractivity contribution in [2.24, 2.45) is 7.05 Å². The summed E-state index contributed by atoms with van der Waals surface area (Å²) in [7, 11) is 1.85. The molecule has 0 amide bonds. The zero-order valence-electron chi connectivity index (χ0n) is 10.7. The van der Waals surface area contributed by atoms with Crippen LogP contribution in [-0.4, -0.2) is 28.8 Å². The Balaban J connectivity index is 1.99. The number of aryl methyl sites for hydroxylation is 1. The summed E-state index contributed by atoms with van der Waals surface area (Å²) < 4.78 is 28.2. The second kappa shape index (κ2) is 4.08. The number of piperidine rings is 1. The first-order chi connectivity index (χ1) is 8.96. The van der Waals surface area contributed by atoms with Crippen LogP contribution in [0.4, 0.5) is 20.3 Å². The van der Waals surface area contributed by atoms with Gasteiger partial charge in [0.2, 0.25) is 0 Å². The van der Waals surface area contributed by atoms with Crippen LogP contribution in [0.15, 0.2) is 18.2 Å². The van der Waals surface area contributed by atoms with Crippen molar-refractivity contribution >= 4 is 22.4 Å². The minimum Gasteiger partial charge on any atom is -0.399 e. The maximum Gasteiger partial charge on any atom is 0.251 e. The van der Waals surface area contributed by atoms with Gasteiger partial charge in [0.25, 0.3) is 5.92 Å². The SMILES string of the molecule is Cn1nc(N2CCC(F)(F)CC2)c2cc(N)ccc21. The van der Waals surface area contributed by atoms with Gasteiger partial charge in [-0.25, -0.2) is 8.78 Å². The minimum absolute atomic E-state index is 0.118. The molecule has 2 N–H and O–H groups in total. The summed E-state index contributed by atoms with van der Waals surface area (Å²) >= 11 is 0. The molecule has 4 nitrogen and oxygen atoms in total.